The van der Waals surface area contributed by atoms with Gasteiger partial charge < -0.3 is 15.1 Å². The maximum atomic E-state index is 13.8. The Hall–Kier alpha value is -2.39. The number of hydrogen-bond donors (Lipinski definition) is 1. The van der Waals surface area contributed by atoms with Crippen LogP contribution >= 0.6 is 15.9 Å². The molecule has 0 saturated carbocycles. The van der Waals surface area contributed by atoms with Crippen LogP contribution in [0.2, 0.25) is 0 Å². The lowest BCUT2D eigenvalue weighted by molar-refractivity contribution is -0.137. The van der Waals surface area contributed by atoms with Crippen molar-refractivity contribution < 1.29 is 13.2 Å². The molecule has 0 unspecified atom stereocenters. The van der Waals surface area contributed by atoms with Gasteiger partial charge >= 0.3 is 6.18 Å². The number of benzene rings is 2. The molecule has 0 bridgehead atoms. The number of likely N-dealkylation sites (N-methyl/N-ethyl adjacent to an activating group) is 1. The maximum Gasteiger partial charge on any atom is 0.418 e. The summed E-state index contributed by atoms with van der Waals surface area (Å²) in [5, 5.41) is 3.74. The number of halogens is 4. The molecular weight excluding hydrogens is 447 g/mol. The van der Waals surface area contributed by atoms with Crippen LogP contribution in [-0.4, -0.2) is 48.1 Å². The number of rotatable bonds is 3. The molecule has 0 spiro atoms. The minimum atomic E-state index is -4.45. The van der Waals surface area contributed by atoms with E-state index in [1.807, 2.05) is 25.2 Å². The summed E-state index contributed by atoms with van der Waals surface area (Å²) in [6.45, 7) is 2.59. The monoisotopic (exact) mass is 465 g/mol. The summed E-state index contributed by atoms with van der Waals surface area (Å²) in [6.07, 6.45) is -2.82. The molecule has 3 aromatic rings. The summed E-state index contributed by atoms with van der Waals surface area (Å²) in [5.41, 5.74) is 0.532. The van der Waals surface area contributed by atoms with E-state index in [-0.39, 0.29) is 11.6 Å². The van der Waals surface area contributed by atoms with E-state index < -0.39 is 11.7 Å². The standard InChI is InChI=1S/C20H19BrF3N5/c1-28-7-9-29(10-8-28)17-6-5-14(11-15(17)20(22,23)24)26-19-25-12-13-3-2-4-16(21)18(13)27-19/h2-6,11-12H,7-10H2,1H3,(H,25,26,27). The number of piperazine rings is 1. The first kappa shape index (κ1) is 19.9. The number of anilines is 3. The van der Waals surface area contributed by atoms with Crippen LogP contribution in [0.4, 0.5) is 30.5 Å². The largest absolute Gasteiger partial charge is 0.418 e. The fourth-order valence-corrected chi connectivity index (χ4v) is 3.84. The van der Waals surface area contributed by atoms with Crippen LogP contribution in [0.15, 0.2) is 47.1 Å². The highest BCUT2D eigenvalue weighted by Crippen LogP contribution is 2.39. The third-order valence-corrected chi connectivity index (χ3v) is 5.60. The zero-order chi connectivity index (χ0) is 20.6. The zero-order valence-electron chi connectivity index (χ0n) is 15.7. The van der Waals surface area contributed by atoms with E-state index in [0.29, 0.717) is 24.3 Å². The van der Waals surface area contributed by atoms with Crippen molar-refractivity contribution in [2.75, 3.05) is 43.4 Å². The van der Waals surface area contributed by atoms with Crippen LogP contribution in [0, 0.1) is 0 Å². The molecule has 9 heteroatoms. The second kappa shape index (κ2) is 7.79. The number of hydrogen-bond acceptors (Lipinski definition) is 5. The molecule has 29 heavy (non-hydrogen) atoms. The predicted octanol–water partition coefficient (Wildman–Crippen LogP) is 4.91. The normalized spacial score (nSPS) is 15.7. The van der Waals surface area contributed by atoms with E-state index >= 15 is 0 Å². The summed E-state index contributed by atoms with van der Waals surface area (Å²) in [5.74, 6) is 0.241. The Kier molecular flexibility index (Phi) is 5.35. The molecule has 5 nitrogen and oxygen atoms in total. The number of nitrogens with zero attached hydrogens (tertiary/aromatic N) is 4. The van der Waals surface area contributed by atoms with Crippen molar-refractivity contribution in [2.24, 2.45) is 0 Å². The Labute approximate surface area is 174 Å². The smallest absolute Gasteiger partial charge is 0.368 e. The van der Waals surface area contributed by atoms with Gasteiger partial charge in [-0.05, 0) is 47.2 Å². The number of fused-ring (bicyclic) bond motifs is 1. The van der Waals surface area contributed by atoms with Gasteiger partial charge in [-0.2, -0.15) is 13.2 Å². The molecular formula is C20H19BrF3N5. The van der Waals surface area contributed by atoms with E-state index in [4.69, 9.17) is 0 Å². The lowest BCUT2D eigenvalue weighted by Gasteiger charge is -2.35. The first-order chi connectivity index (χ1) is 13.8. The van der Waals surface area contributed by atoms with Crippen LogP contribution in [0.25, 0.3) is 10.9 Å². The maximum absolute atomic E-state index is 13.8. The highest BCUT2D eigenvalue weighted by Gasteiger charge is 2.35. The number of alkyl halides is 3. The number of nitrogens with one attached hydrogen (secondary N) is 1. The molecule has 2 heterocycles. The van der Waals surface area contributed by atoms with Gasteiger partial charge in [0, 0.05) is 53.6 Å². The molecule has 1 aliphatic heterocycles. The lowest BCUT2D eigenvalue weighted by Crippen LogP contribution is -2.45. The zero-order valence-corrected chi connectivity index (χ0v) is 17.3. The fraction of sp³-hybridized carbons (Fsp3) is 0.300. The van der Waals surface area contributed by atoms with Gasteiger partial charge in [0.25, 0.3) is 0 Å². The molecule has 1 aromatic heterocycles. The summed E-state index contributed by atoms with van der Waals surface area (Å²) in [7, 11) is 1.97. The van der Waals surface area contributed by atoms with E-state index in [1.54, 1.807) is 17.2 Å². The Morgan fingerprint density at radius 1 is 1.07 bits per heavy atom. The molecule has 0 aliphatic carbocycles. The van der Waals surface area contributed by atoms with Crippen LogP contribution < -0.4 is 10.2 Å². The van der Waals surface area contributed by atoms with E-state index in [1.165, 1.54) is 6.07 Å². The molecule has 0 atom stereocenters. The van der Waals surface area contributed by atoms with Crippen molar-refractivity contribution in [3.05, 3.63) is 52.6 Å². The molecule has 1 N–H and O–H groups in total. The van der Waals surface area contributed by atoms with Gasteiger partial charge in [-0.1, -0.05) is 12.1 Å². The molecule has 1 saturated heterocycles. The van der Waals surface area contributed by atoms with Gasteiger partial charge in [0.15, 0.2) is 0 Å². The molecule has 0 radical (unpaired) electrons. The van der Waals surface area contributed by atoms with Crippen molar-refractivity contribution in [2.45, 2.75) is 6.18 Å². The van der Waals surface area contributed by atoms with Crippen LogP contribution in [0.1, 0.15) is 5.56 Å². The second-order valence-corrected chi connectivity index (χ2v) is 7.87. The quantitative estimate of drug-likeness (QED) is 0.595. The number of aromatic nitrogens is 2. The van der Waals surface area contributed by atoms with Crippen molar-refractivity contribution in [1.82, 2.24) is 14.9 Å². The molecule has 152 valence electrons. The molecule has 0 amide bonds. The Bertz CT molecular complexity index is 1030. The topological polar surface area (TPSA) is 44.3 Å². The first-order valence-corrected chi connectivity index (χ1v) is 9.93. The van der Waals surface area contributed by atoms with Gasteiger partial charge in [-0.15, -0.1) is 0 Å². The van der Waals surface area contributed by atoms with Gasteiger partial charge in [0.2, 0.25) is 5.95 Å². The van der Waals surface area contributed by atoms with Crippen molar-refractivity contribution in [1.29, 1.82) is 0 Å². The van der Waals surface area contributed by atoms with Crippen LogP contribution in [0.5, 0.6) is 0 Å². The Morgan fingerprint density at radius 3 is 2.55 bits per heavy atom. The van der Waals surface area contributed by atoms with Gasteiger partial charge in [-0.3, -0.25) is 0 Å². The summed E-state index contributed by atoms with van der Waals surface area (Å²) in [6, 6.07) is 9.88. The summed E-state index contributed by atoms with van der Waals surface area (Å²) >= 11 is 3.44. The Morgan fingerprint density at radius 2 is 1.83 bits per heavy atom. The van der Waals surface area contributed by atoms with Gasteiger partial charge in [0.05, 0.1) is 11.1 Å². The molecule has 4 rings (SSSR count). The average Bonchev–Trinajstić information content (AvgIpc) is 2.69. The SMILES string of the molecule is CN1CCN(c2ccc(Nc3ncc4cccc(Br)c4n3)cc2C(F)(F)F)CC1. The highest BCUT2D eigenvalue weighted by molar-refractivity contribution is 9.10. The minimum absolute atomic E-state index is 0.207. The minimum Gasteiger partial charge on any atom is -0.368 e. The second-order valence-electron chi connectivity index (χ2n) is 7.02. The molecule has 1 aliphatic rings. The van der Waals surface area contributed by atoms with Gasteiger partial charge in [-0.25, -0.2) is 9.97 Å². The van der Waals surface area contributed by atoms with Crippen LogP contribution in [-0.2, 0) is 6.18 Å². The first-order valence-electron chi connectivity index (χ1n) is 9.14. The van der Waals surface area contributed by atoms with E-state index in [0.717, 1.165) is 29.0 Å². The average molecular weight is 466 g/mol. The third kappa shape index (κ3) is 4.30. The van der Waals surface area contributed by atoms with E-state index in [9.17, 15) is 13.2 Å². The summed E-state index contributed by atoms with van der Waals surface area (Å²) < 4.78 is 42.1. The van der Waals surface area contributed by atoms with Crippen molar-refractivity contribution in [3.63, 3.8) is 0 Å². The fourth-order valence-electron chi connectivity index (χ4n) is 3.37. The summed E-state index contributed by atoms with van der Waals surface area (Å²) in [4.78, 5) is 12.5. The van der Waals surface area contributed by atoms with Crippen molar-refractivity contribution >= 4 is 44.2 Å². The van der Waals surface area contributed by atoms with Crippen molar-refractivity contribution in [3.8, 4) is 0 Å². The third-order valence-electron chi connectivity index (χ3n) is 4.96. The van der Waals surface area contributed by atoms with Gasteiger partial charge in [0.1, 0.15) is 0 Å². The van der Waals surface area contributed by atoms with Crippen LogP contribution in [0.3, 0.4) is 0 Å². The molecule has 1 fully saturated rings. The molecule has 2 aromatic carbocycles. The Balaban J connectivity index is 1.65. The van der Waals surface area contributed by atoms with E-state index in [2.05, 4.69) is 36.1 Å². The lowest BCUT2D eigenvalue weighted by atomic mass is 10.1. The number of para-hydroxylation sites is 1. The highest BCUT2D eigenvalue weighted by atomic mass is 79.9. The predicted molar refractivity (Wildman–Crippen MR) is 112 cm³/mol.